The van der Waals surface area contributed by atoms with Gasteiger partial charge in [0.1, 0.15) is 0 Å². The highest BCUT2D eigenvalue weighted by Gasteiger charge is 2.23. The Balaban J connectivity index is 1.54. The fraction of sp³-hybridized carbons (Fsp3) is 0.278. The number of thiazole rings is 1. The Kier molecular flexibility index (Phi) is 5.50. The van der Waals surface area contributed by atoms with Gasteiger partial charge in [0, 0.05) is 48.2 Å². The minimum atomic E-state index is -0.0516. The molecule has 7 heteroatoms. The average molecular weight is 376 g/mol. The second-order valence-corrected chi connectivity index (χ2v) is 7.25. The number of aromatic nitrogens is 1. The SMILES string of the molecule is Cc1nc(/C=C/C(=O)N2CCN(C(=O)c3ccc(Cl)cc3)CC2)cs1. The molecular formula is C18H18ClN3O2S. The van der Waals surface area contributed by atoms with Crippen LogP contribution in [0.4, 0.5) is 0 Å². The first-order chi connectivity index (χ1) is 12.0. The number of nitrogens with zero attached hydrogens (tertiary/aromatic N) is 3. The molecule has 2 heterocycles. The number of hydrogen-bond donors (Lipinski definition) is 0. The van der Waals surface area contributed by atoms with Gasteiger partial charge in [0.05, 0.1) is 10.7 Å². The first-order valence-corrected chi connectivity index (χ1v) is 9.22. The number of carbonyl (C=O) groups is 2. The smallest absolute Gasteiger partial charge is 0.253 e. The molecule has 5 nitrogen and oxygen atoms in total. The Morgan fingerprint density at radius 3 is 2.36 bits per heavy atom. The molecule has 1 aromatic carbocycles. The van der Waals surface area contributed by atoms with Gasteiger partial charge in [0.15, 0.2) is 0 Å². The molecule has 0 saturated carbocycles. The minimum absolute atomic E-state index is 0.0303. The zero-order valence-corrected chi connectivity index (χ0v) is 15.4. The maximum Gasteiger partial charge on any atom is 0.253 e. The van der Waals surface area contributed by atoms with Crippen LogP contribution >= 0.6 is 22.9 Å². The summed E-state index contributed by atoms with van der Waals surface area (Å²) < 4.78 is 0. The summed E-state index contributed by atoms with van der Waals surface area (Å²) in [5.74, 6) is -0.0819. The van der Waals surface area contributed by atoms with Crippen molar-refractivity contribution in [3.8, 4) is 0 Å². The third kappa shape index (κ3) is 4.46. The lowest BCUT2D eigenvalue weighted by molar-refractivity contribution is -0.127. The molecular weight excluding hydrogens is 358 g/mol. The molecule has 2 amide bonds. The van der Waals surface area contributed by atoms with E-state index in [9.17, 15) is 9.59 Å². The maximum atomic E-state index is 12.5. The zero-order chi connectivity index (χ0) is 17.8. The Morgan fingerprint density at radius 1 is 1.12 bits per heavy atom. The molecule has 0 spiro atoms. The lowest BCUT2D eigenvalue weighted by Gasteiger charge is -2.34. The molecule has 1 aliphatic heterocycles. The van der Waals surface area contributed by atoms with Crippen molar-refractivity contribution in [1.29, 1.82) is 0 Å². The third-order valence-electron chi connectivity index (χ3n) is 4.00. The summed E-state index contributed by atoms with van der Waals surface area (Å²) in [6.45, 7) is 4.03. The molecule has 130 valence electrons. The summed E-state index contributed by atoms with van der Waals surface area (Å²) in [4.78, 5) is 32.5. The van der Waals surface area contributed by atoms with Crippen LogP contribution in [0.3, 0.4) is 0 Å². The standard InChI is InChI=1S/C18H18ClN3O2S/c1-13-20-16(12-25-13)6-7-17(23)21-8-10-22(11-9-21)18(24)14-2-4-15(19)5-3-14/h2-7,12H,8-11H2,1H3/b7-6+. The summed E-state index contributed by atoms with van der Waals surface area (Å²) in [6.07, 6.45) is 3.28. The van der Waals surface area contributed by atoms with Crippen LogP contribution in [0, 0.1) is 6.92 Å². The number of benzene rings is 1. The Bertz CT molecular complexity index is 793. The van der Waals surface area contributed by atoms with E-state index in [0.717, 1.165) is 10.7 Å². The van der Waals surface area contributed by atoms with E-state index < -0.39 is 0 Å². The number of hydrogen-bond acceptors (Lipinski definition) is 4. The van der Waals surface area contributed by atoms with Gasteiger partial charge in [-0.15, -0.1) is 11.3 Å². The van der Waals surface area contributed by atoms with E-state index >= 15 is 0 Å². The van der Waals surface area contributed by atoms with E-state index in [1.165, 1.54) is 0 Å². The van der Waals surface area contributed by atoms with Gasteiger partial charge in [-0.1, -0.05) is 11.6 Å². The summed E-state index contributed by atoms with van der Waals surface area (Å²) in [5, 5.41) is 3.50. The maximum absolute atomic E-state index is 12.5. The van der Waals surface area contributed by atoms with Gasteiger partial charge in [-0.3, -0.25) is 9.59 Å². The lowest BCUT2D eigenvalue weighted by atomic mass is 10.2. The Labute approximate surface area is 155 Å². The summed E-state index contributed by atoms with van der Waals surface area (Å²) in [5.41, 5.74) is 1.41. The second-order valence-electron chi connectivity index (χ2n) is 5.75. The van der Waals surface area contributed by atoms with Gasteiger partial charge < -0.3 is 9.80 Å². The zero-order valence-electron chi connectivity index (χ0n) is 13.8. The lowest BCUT2D eigenvalue weighted by Crippen LogP contribution is -2.50. The highest BCUT2D eigenvalue weighted by molar-refractivity contribution is 7.09. The molecule has 1 fully saturated rings. The van der Waals surface area contributed by atoms with E-state index in [4.69, 9.17) is 11.6 Å². The number of amides is 2. The predicted molar refractivity (Wildman–Crippen MR) is 99.8 cm³/mol. The van der Waals surface area contributed by atoms with Crippen molar-refractivity contribution in [2.24, 2.45) is 0 Å². The molecule has 0 aliphatic carbocycles. The van der Waals surface area contributed by atoms with Crippen molar-refractivity contribution in [2.45, 2.75) is 6.92 Å². The van der Waals surface area contributed by atoms with Gasteiger partial charge in [0.25, 0.3) is 5.91 Å². The van der Waals surface area contributed by atoms with E-state index in [-0.39, 0.29) is 11.8 Å². The normalized spacial score (nSPS) is 15.0. The molecule has 0 unspecified atom stereocenters. The van der Waals surface area contributed by atoms with Gasteiger partial charge in [-0.2, -0.15) is 0 Å². The molecule has 0 atom stereocenters. The van der Waals surface area contributed by atoms with E-state index in [1.54, 1.807) is 57.6 Å². The fourth-order valence-corrected chi connectivity index (χ4v) is 3.33. The topological polar surface area (TPSA) is 53.5 Å². The molecule has 1 saturated heterocycles. The number of aryl methyl sites for hydroxylation is 1. The van der Waals surface area contributed by atoms with E-state index in [1.807, 2.05) is 12.3 Å². The van der Waals surface area contributed by atoms with Gasteiger partial charge >= 0.3 is 0 Å². The molecule has 3 rings (SSSR count). The van der Waals surface area contributed by atoms with E-state index in [0.29, 0.717) is 36.8 Å². The Morgan fingerprint density at radius 2 is 1.76 bits per heavy atom. The van der Waals surface area contributed by atoms with Crippen molar-refractivity contribution in [1.82, 2.24) is 14.8 Å². The molecule has 2 aromatic rings. The van der Waals surface area contributed by atoms with Crippen molar-refractivity contribution in [3.05, 3.63) is 57.0 Å². The number of halogens is 1. The van der Waals surface area contributed by atoms with Crippen LogP contribution in [0.25, 0.3) is 6.08 Å². The number of carbonyl (C=O) groups excluding carboxylic acids is 2. The first-order valence-electron chi connectivity index (χ1n) is 7.97. The number of piperazine rings is 1. The highest BCUT2D eigenvalue weighted by Crippen LogP contribution is 2.14. The van der Waals surface area contributed by atoms with Gasteiger partial charge in [-0.05, 0) is 37.3 Å². The van der Waals surface area contributed by atoms with Crippen LogP contribution < -0.4 is 0 Å². The van der Waals surface area contributed by atoms with Crippen LogP contribution in [-0.2, 0) is 4.79 Å². The monoisotopic (exact) mass is 375 g/mol. The third-order valence-corrected chi connectivity index (χ3v) is 5.05. The average Bonchev–Trinajstić information content (AvgIpc) is 3.05. The van der Waals surface area contributed by atoms with Crippen LogP contribution in [0.5, 0.6) is 0 Å². The van der Waals surface area contributed by atoms with Crippen molar-refractivity contribution in [3.63, 3.8) is 0 Å². The van der Waals surface area contributed by atoms with Crippen molar-refractivity contribution >= 4 is 40.8 Å². The molecule has 0 bridgehead atoms. The summed E-state index contributed by atoms with van der Waals surface area (Å²) in [6, 6.07) is 6.86. The summed E-state index contributed by atoms with van der Waals surface area (Å²) in [7, 11) is 0. The van der Waals surface area contributed by atoms with Crippen LogP contribution in [-0.4, -0.2) is 52.8 Å². The van der Waals surface area contributed by atoms with Crippen molar-refractivity contribution in [2.75, 3.05) is 26.2 Å². The largest absolute Gasteiger partial charge is 0.336 e. The molecule has 0 N–H and O–H groups in total. The predicted octanol–water partition coefficient (Wildman–Crippen LogP) is 3.10. The minimum Gasteiger partial charge on any atom is -0.336 e. The quantitative estimate of drug-likeness (QED) is 0.774. The van der Waals surface area contributed by atoms with Crippen LogP contribution in [0.1, 0.15) is 21.1 Å². The van der Waals surface area contributed by atoms with Crippen LogP contribution in [0.15, 0.2) is 35.7 Å². The van der Waals surface area contributed by atoms with Crippen LogP contribution in [0.2, 0.25) is 5.02 Å². The first kappa shape index (κ1) is 17.6. The molecule has 1 aliphatic rings. The Hall–Kier alpha value is -2.18. The van der Waals surface area contributed by atoms with Gasteiger partial charge in [-0.25, -0.2) is 4.98 Å². The summed E-state index contributed by atoms with van der Waals surface area (Å²) >= 11 is 7.41. The molecule has 25 heavy (non-hydrogen) atoms. The van der Waals surface area contributed by atoms with Gasteiger partial charge in [0.2, 0.25) is 5.91 Å². The van der Waals surface area contributed by atoms with E-state index in [2.05, 4.69) is 4.98 Å². The molecule has 1 aromatic heterocycles. The highest BCUT2D eigenvalue weighted by atomic mass is 35.5. The van der Waals surface area contributed by atoms with Crippen molar-refractivity contribution < 1.29 is 9.59 Å². The number of rotatable bonds is 3. The fourth-order valence-electron chi connectivity index (χ4n) is 2.62. The molecule has 0 radical (unpaired) electrons. The second kappa shape index (κ2) is 7.80.